The summed E-state index contributed by atoms with van der Waals surface area (Å²) in [6.07, 6.45) is 0.0561. The van der Waals surface area contributed by atoms with Crippen molar-refractivity contribution in [2.24, 2.45) is 4.99 Å². The van der Waals surface area contributed by atoms with Gasteiger partial charge in [0, 0.05) is 21.9 Å². The van der Waals surface area contributed by atoms with Gasteiger partial charge in [-0.2, -0.15) is 4.99 Å². The minimum Gasteiger partial charge on any atom is -0.493 e. The topological polar surface area (TPSA) is 104 Å². The van der Waals surface area contributed by atoms with Gasteiger partial charge in [-0.05, 0) is 47.5 Å². The van der Waals surface area contributed by atoms with Crippen molar-refractivity contribution >= 4 is 54.3 Å². The monoisotopic (exact) mass is 612 g/mol. The predicted octanol–water partition coefficient (Wildman–Crippen LogP) is 4.11. The minimum atomic E-state index is -3.21. The third kappa shape index (κ3) is 6.01. The average molecular weight is 614 g/mol. The second-order valence-corrected chi connectivity index (χ2v) is 12.7. The first-order valence-electron chi connectivity index (χ1n) is 11.8. The Morgan fingerprint density at radius 1 is 1.03 bits per heavy atom. The van der Waals surface area contributed by atoms with Gasteiger partial charge in [0.15, 0.2) is 38.0 Å². The molecule has 0 radical (unpaired) electrons. The number of carbonyl (C=O) groups excluding carboxylic acids is 1. The third-order valence-corrected chi connectivity index (χ3v) is 9.81. The molecule has 2 aromatic rings. The van der Waals surface area contributed by atoms with E-state index < -0.39 is 9.84 Å². The van der Waals surface area contributed by atoms with E-state index >= 15 is 0 Å². The van der Waals surface area contributed by atoms with Crippen LogP contribution in [0.2, 0.25) is 0 Å². The lowest BCUT2D eigenvalue weighted by atomic mass is 10.1. The van der Waals surface area contributed by atoms with Crippen LogP contribution in [0, 0.1) is 0 Å². The zero-order chi connectivity index (χ0) is 26.7. The zero-order valence-corrected chi connectivity index (χ0v) is 24.2. The number of ether oxygens (including phenoxy) is 4. The van der Waals surface area contributed by atoms with E-state index in [0.717, 1.165) is 5.56 Å². The van der Waals surface area contributed by atoms with Crippen LogP contribution in [-0.4, -0.2) is 69.7 Å². The van der Waals surface area contributed by atoms with Crippen molar-refractivity contribution < 1.29 is 32.2 Å². The molecule has 0 aliphatic carbocycles. The number of halogens is 1. The van der Waals surface area contributed by atoms with Crippen molar-refractivity contribution in [1.82, 2.24) is 0 Å². The number of methoxy groups -OCH3 is 2. The van der Waals surface area contributed by atoms with Gasteiger partial charge >= 0.3 is 0 Å². The SMILES string of the molecule is CCOc1cc(Br)c(N2C(=NC(=O)Cc3ccc(OC)c(OC)c3)S[C@@H]3CS(=O)(=O)C[C@H]32)cc1OCC. The van der Waals surface area contributed by atoms with Gasteiger partial charge in [-0.3, -0.25) is 4.79 Å². The van der Waals surface area contributed by atoms with Gasteiger partial charge in [-0.25, -0.2) is 8.42 Å². The summed E-state index contributed by atoms with van der Waals surface area (Å²) in [5.74, 6) is 1.88. The quantitative estimate of drug-likeness (QED) is 0.414. The van der Waals surface area contributed by atoms with Crippen LogP contribution in [0.4, 0.5) is 5.69 Å². The van der Waals surface area contributed by atoms with Gasteiger partial charge < -0.3 is 23.8 Å². The second-order valence-electron chi connectivity index (χ2n) is 8.44. The van der Waals surface area contributed by atoms with E-state index in [4.69, 9.17) is 18.9 Å². The average Bonchev–Trinajstić information content (AvgIpc) is 3.31. The summed E-state index contributed by atoms with van der Waals surface area (Å²) in [5.41, 5.74) is 1.40. The number of sulfone groups is 1. The van der Waals surface area contributed by atoms with Crippen molar-refractivity contribution in [3.63, 3.8) is 0 Å². The molecule has 2 aromatic carbocycles. The highest BCUT2D eigenvalue weighted by Gasteiger charge is 2.50. The number of anilines is 1. The van der Waals surface area contributed by atoms with Crippen molar-refractivity contribution in [3.8, 4) is 23.0 Å². The molecule has 9 nitrogen and oxygen atoms in total. The van der Waals surface area contributed by atoms with Crippen LogP contribution in [0.3, 0.4) is 0 Å². The highest BCUT2D eigenvalue weighted by Crippen LogP contribution is 2.46. The van der Waals surface area contributed by atoms with Gasteiger partial charge in [0.05, 0.1) is 57.1 Å². The summed E-state index contributed by atoms with van der Waals surface area (Å²) in [6, 6.07) is 8.53. The lowest BCUT2D eigenvalue weighted by Crippen LogP contribution is -2.38. The van der Waals surface area contributed by atoms with Gasteiger partial charge in [-0.1, -0.05) is 17.8 Å². The molecule has 4 rings (SSSR count). The van der Waals surface area contributed by atoms with E-state index in [1.165, 1.54) is 18.9 Å². The molecule has 0 spiro atoms. The molecule has 0 unspecified atom stereocenters. The first-order chi connectivity index (χ1) is 17.7. The minimum absolute atomic E-state index is 0.0167. The molecule has 0 N–H and O–H groups in total. The van der Waals surface area contributed by atoms with Gasteiger partial charge in [0.1, 0.15) is 0 Å². The van der Waals surface area contributed by atoms with E-state index in [2.05, 4.69) is 20.9 Å². The number of nitrogens with zero attached hydrogens (tertiary/aromatic N) is 2. The number of hydrogen-bond donors (Lipinski definition) is 0. The normalized spacial score (nSPS) is 21.1. The van der Waals surface area contributed by atoms with Gasteiger partial charge in [-0.15, -0.1) is 0 Å². The van der Waals surface area contributed by atoms with Crippen molar-refractivity contribution in [2.75, 3.05) is 43.8 Å². The fraction of sp³-hybridized carbons (Fsp3) is 0.440. The Morgan fingerprint density at radius 3 is 2.35 bits per heavy atom. The summed E-state index contributed by atoms with van der Waals surface area (Å²) in [7, 11) is -0.125. The molecule has 1 amide bonds. The Morgan fingerprint density at radius 2 is 1.70 bits per heavy atom. The highest BCUT2D eigenvalue weighted by molar-refractivity contribution is 9.10. The fourth-order valence-electron chi connectivity index (χ4n) is 4.40. The molecule has 0 bridgehead atoms. The maximum absolute atomic E-state index is 13.1. The van der Waals surface area contributed by atoms with E-state index in [1.54, 1.807) is 37.4 Å². The summed E-state index contributed by atoms with van der Waals surface area (Å²) >= 11 is 4.93. The first-order valence-corrected chi connectivity index (χ1v) is 15.3. The summed E-state index contributed by atoms with van der Waals surface area (Å²) in [6.45, 7) is 4.66. The fourth-order valence-corrected chi connectivity index (χ4v) is 8.84. The molecular weight excluding hydrogens is 584 g/mol. The number of benzene rings is 2. The standard InChI is InChI=1S/C25H29BrN2O7S2/c1-5-34-21-11-16(26)17(12-22(21)35-6-2)28-18-13-37(30,31)14-23(18)36-25(28)27-24(29)10-15-7-8-19(32-3)20(9-15)33-4/h7-9,11-12,18,23H,5-6,10,13-14H2,1-4H3/t18-,23-/m1/s1. The summed E-state index contributed by atoms with van der Waals surface area (Å²) in [5, 5.41) is 0.231. The Labute approximate surface area is 229 Å². The van der Waals surface area contributed by atoms with E-state index in [0.29, 0.717) is 51.5 Å². The Balaban J connectivity index is 1.70. The first kappa shape index (κ1) is 27.6. The van der Waals surface area contributed by atoms with E-state index in [9.17, 15) is 13.2 Å². The van der Waals surface area contributed by atoms with Crippen molar-refractivity contribution in [3.05, 3.63) is 40.4 Å². The molecule has 37 heavy (non-hydrogen) atoms. The number of thioether (sulfide) groups is 1. The molecule has 200 valence electrons. The number of carbonyl (C=O) groups is 1. The van der Waals surface area contributed by atoms with Crippen LogP contribution < -0.4 is 23.8 Å². The van der Waals surface area contributed by atoms with E-state index in [-0.39, 0.29) is 35.1 Å². The molecule has 0 aromatic heterocycles. The lowest BCUT2D eigenvalue weighted by Gasteiger charge is -2.27. The number of rotatable bonds is 9. The molecule has 2 saturated heterocycles. The Hall–Kier alpha value is -2.44. The van der Waals surface area contributed by atoms with Gasteiger partial charge in [0.25, 0.3) is 5.91 Å². The maximum atomic E-state index is 13.1. The van der Waals surface area contributed by atoms with Crippen LogP contribution in [-0.2, 0) is 21.1 Å². The highest BCUT2D eigenvalue weighted by atomic mass is 79.9. The number of amides is 1. The third-order valence-electron chi connectivity index (χ3n) is 5.96. The number of hydrogen-bond acceptors (Lipinski definition) is 8. The van der Waals surface area contributed by atoms with Crippen LogP contribution in [0.25, 0.3) is 0 Å². The van der Waals surface area contributed by atoms with Gasteiger partial charge in [0.2, 0.25) is 0 Å². The molecule has 2 aliphatic rings. The number of fused-ring (bicyclic) bond motifs is 1. The summed E-state index contributed by atoms with van der Waals surface area (Å²) in [4.78, 5) is 19.3. The molecule has 12 heteroatoms. The molecule has 0 saturated carbocycles. The predicted molar refractivity (Wildman–Crippen MR) is 148 cm³/mol. The maximum Gasteiger partial charge on any atom is 0.252 e. The van der Waals surface area contributed by atoms with Crippen LogP contribution in [0.5, 0.6) is 23.0 Å². The van der Waals surface area contributed by atoms with Crippen LogP contribution in [0.15, 0.2) is 39.8 Å². The Kier molecular flexibility index (Phi) is 8.59. The lowest BCUT2D eigenvalue weighted by molar-refractivity contribution is -0.117. The van der Waals surface area contributed by atoms with Crippen molar-refractivity contribution in [1.29, 1.82) is 0 Å². The number of aliphatic imine (C=N–C) groups is 1. The number of amidine groups is 1. The Bertz CT molecular complexity index is 1320. The van der Waals surface area contributed by atoms with Crippen LogP contribution in [0.1, 0.15) is 19.4 Å². The smallest absolute Gasteiger partial charge is 0.252 e. The molecule has 2 heterocycles. The van der Waals surface area contributed by atoms with Crippen molar-refractivity contribution in [2.45, 2.75) is 31.6 Å². The molecule has 2 atom stereocenters. The second kappa shape index (κ2) is 11.5. The largest absolute Gasteiger partial charge is 0.493 e. The molecule has 2 aliphatic heterocycles. The summed E-state index contributed by atoms with van der Waals surface area (Å²) < 4.78 is 47.8. The van der Waals surface area contributed by atoms with E-state index in [1.807, 2.05) is 18.7 Å². The van der Waals surface area contributed by atoms with Crippen LogP contribution >= 0.6 is 27.7 Å². The molecule has 2 fully saturated rings. The molecular formula is C25H29BrN2O7S2. The zero-order valence-electron chi connectivity index (χ0n) is 21.0.